The highest BCUT2D eigenvalue weighted by Crippen LogP contribution is 2.28. The largest absolute Gasteiger partial charge is 0.378 e. The average Bonchev–Trinajstić information content (AvgIpc) is 3.21. The average molecular weight is 640 g/mol. The molecule has 2 aromatic rings. The van der Waals surface area contributed by atoms with E-state index >= 15 is 0 Å². The van der Waals surface area contributed by atoms with Crippen LogP contribution >= 0.6 is 31.9 Å². The third kappa shape index (κ3) is 8.98. The van der Waals surface area contributed by atoms with Gasteiger partial charge in [-0.05, 0) is 54.7 Å². The lowest BCUT2D eigenvalue weighted by Gasteiger charge is -2.33. The van der Waals surface area contributed by atoms with E-state index in [0.717, 1.165) is 59.0 Å². The lowest BCUT2D eigenvalue weighted by Crippen LogP contribution is -2.55. The van der Waals surface area contributed by atoms with Crippen molar-refractivity contribution in [1.29, 1.82) is 0 Å². The monoisotopic (exact) mass is 638 g/mol. The lowest BCUT2D eigenvalue weighted by molar-refractivity contribution is -0.127. The van der Waals surface area contributed by atoms with Crippen molar-refractivity contribution in [1.82, 2.24) is 10.6 Å². The summed E-state index contributed by atoms with van der Waals surface area (Å²) >= 11 is 6.67. The van der Waals surface area contributed by atoms with Crippen LogP contribution in [0.3, 0.4) is 0 Å². The summed E-state index contributed by atoms with van der Waals surface area (Å²) in [4.78, 5) is 33.1. The highest BCUT2D eigenvalue weighted by molar-refractivity contribution is 9.10. The maximum absolute atomic E-state index is 12.1. The van der Waals surface area contributed by atoms with Gasteiger partial charge in [0.2, 0.25) is 11.8 Å². The number of nitrogens with two attached hydrogens (primary N) is 2. The summed E-state index contributed by atoms with van der Waals surface area (Å²) in [6.45, 7) is 2.44. The molecule has 37 heavy (non-hydrogen) atoms. The van der Waals surface area contributed by atoms with Crippen molar-refractivity contribution in [3.8, 4) is 0 Å². The molecule has 0 saturated carbocycles. The Hall–Kier alpha value is -2.15. The number of hydrogen-bond acceptors (Lipinski definition) is 7. The number of hydrogen-bond donors (Lipinski definition) is 4. The predicted molar refractivity (Wildman–Crippen MR) is 146 cm³/mol. The number of ketones is 1. The number of carbonyl (C=O) groups excluding carboxylic acids is 3. The van der Waals surface area contributed by atoms with Crippen LogP contribution in [-0.2, 0) is 23.9 Å². The Morgan fingerprint density at radius 1 is 0.973 bits per heavy atom. The van der Waals surface area contributed by atoms with Crippen LogP contribution in [0.2, 0.25) is 0 Å². The van der Waals surface area contributed by atoms with Crippen LogP contribution in [0, 0.1) is 0 Å². The van der Waals surface area contributed by atoms with Crippen molar-refractivity contribution < 1.29 is 23.9 Å². The van der Waals surface area contributed by atoms with Crippen molar-refractivity contribution >= 4 is 49.5 Å². The van der Waals surface area contributed by atoms with Crippen LogP contribution in [-0.4, -0.2) is 49.7 Å². The van der Waals surface area contributed by atoms with Gasteiger partial charge in [-0.25, -0.2) is 0 Å². The summed E-state index contributed by atoms with van der Waals surface area (Å²) in [5.74, 6) is -0.244. The molecule has 200 valence electrons. The van der Waals surface area contributed by atoms with Gasteiger partial charge in [0.05, 0.1) is 6.61 Å². The first kappa shape index (κ1) is 29.4. The van der Waals surface area contributed by atoms with E-state index in [2.05, 4.69) is 42.5 Å². The minimum absolute atomic E-state index is 0.0304. The van der Waals surface area contributed by atoms with Gasteiger partial charge in [0.1, 0.15) is 24.4 Å². The molecule has 0 aliphatic carbocycles. The molecule has 0 radical (unpaired) electrons. The van der Waals surface area contributed by atoms with Crippen LogP contribution in [0.4, 0.5) is 0 Å². The highest BCUT2D eigenvalue weighted by Gasteiger charge is 2.45. The molecule has 1 spiro atoms. The van der Waals surface area contributed by atoms with Crippen molar-refractivity contribution in [2.75, 3.05) is 26.4 Å². The zero-order chi connectivity index (χ0) is 26.8. The summed E-state index contributed by atoms with van der Waals surface area (Å²) in [7, 11) is 0. The number of amides is 2. The second-order valence-electron chi connectivity index (χ2n) is 8.98. The number of rotatable bonds is 3. The normalized spacial score (nSPS) is 23.7. The molecule has 3 aliphatic rings. The molecule has 3 saturated heterocycles. The van der Waals surface area contributed by atoms with Crippen molar-refractivity contribution in [3.05, 3.63) is 68.6 Å². The van der Waals surface area contributed by atoms with Crippen molar-refractivity contribution in [3.63, 3.8) is 0 Å². The van der Waals surface area contributed by atoms with E-state index in [4.69, 9.17) is 20.9 Å². The van der Waals surface area contributed by atoms with Crippen LogP contribution in [0.5, 0.6) is 0 Å². The molecule has 3 aliphatic heterocycles. The van der Waals surface area contributed by atoms with E-state index in [-0.39, 0.29) is 23.4 Å². The summed E-state index contributed by atoms with van der Waals surface area (Å²) in [5, 5.41) is 6.44. The molecule has 3 atom stereocenters. The van der Waals surface area contributed by atoms with Gasteiger partial charge < -0.3 is 26.3 Å². The van der Waals surface area contributed by atoms with Crippen molar-refractivity contribution in [2.45, 2.75) is 43.4 Å². The number of nitrogens with one attached hydrogen (secondary N) is 2. The van der Waals surface area contributed by atoms with Crippen LogP contribution in [0.1, 0.15) is 48.9 Å². The van der Waals surface area contributed by atoms with Gasteiger partial charge >= 0.3 is 0 Å². The Balaban J connectivity index is 0.000000172. The molecular formula is C26H32Br2N4O5. The first-order valence-electron chi connectivity index (χ1n) is 12.0. The van der Waals surface area contributed by atoms with Gasteiger partial charge in [-0.3, -0.25) is 19.7 Å². The molecule has 2 aromatic carbocycles. The first-order chi connectivity index (χ1) is 17.7. The molecule has 6 N–H and O–H groups in total. The number of benzene rings is 2. The highest BCUT2D eigenvalue weighted by atomic mass is 79.9. The Kier molecular flexibility index (Phi) is 11.2. The van der Waals surface area contributed by atoms with Crippen LogP contribution in [0.15, 0.2) is 57.5 Å². The van der Waals surface area contributed by atoms with Gasteiger partial charge in [0, 0.05) is 28.6 Å². The molecule has 3 heterocycles. The predicted octanol–water partition coefficient (Wildman–Crippen LogP) is 3.02. The summed E-state index contributed by atoms with van der Waals surface area (Å²) in [6, 6.07) is 14.0. The fourth-order valence-corrected chi connectivity index (χ4v) is 4.58. The van der Waals surface area contributed by atoms with Crippen LogP contribution < -0.4 is 22.1 Å². The van der Waals surface area contributed by atoms with E-state index in [1.165, 1.54) is 0 Å². The van der Waals surface area contributed by atoms with E-state index in [9.17, 15) is 14.4 Å². The summed E-state index contributed by atoms with van der Waals surface area (Å²) < 4.78 is 12.3. The molecule has 0 bridgehead atoms. The minimum atomic E-state index is -0.710. The zero-order valence-electron chi connectivity index (χ0n) is 20.4. The second kappa shape index (κ2) is 14.1. The number of Topliss-reactive ketones (excluding diaryl/α,β-unsaturated/α-hetero) is 1. The fraction of sp³-hybridized carbons (Fsp3) is 0.423. The number of halogens is 2. The first-order valence-corrected chi connectivity index (χ1v) is 13.6. The lowest BCUT2D eigenvalue weighted by atomic mass is 10.0. The summed E-state index contributed by atoms with van der Waals surface area (Å²) in [5.41, 5.74) is 11.9. The molecule has 2 amide bonds. The zero-order valence-corrected chi connectivity index (χ0v) is 23.6. The molecular weight excluding hydrogens is 608 g/mol. The van der Waals surface area contributed by atoms with Gasteiger partial charge in [0.15, 0.2) is 5.78 Å². The number of primary amides is 1. The Morgan fingerprint density at radius 2 is 1.59 bits per heavy atom. The Morgan fingerprint density at radius 3 is 2.08 bits per heavy atom. The topological polar surface area (TPSA) is 146 Å². The molecule has 9 nitrogen and oxygen atoms in total. The molecule has 5 rings (SSSR count). The minimum Gasteiger partial charge on any atom is -0.378 e. The molecule has 3 unspecified atom stereocenters. The third-order valence-electron chi connectivity index (χ3n) is 6.03. The van der Waals surface area contributed by atoms with Gasteiger partial charge in [-0.1, -0.05) is 56.1 Å². The quantitative estimate of drug-likeness (QED) is 0.404. The standard InChI is InChI=1S/C13H15BrN2O2.C8H9BrN2O.C5H8O2/c14-10-4-2-9(3-5-10)11-12(17)16-13(15-11)6-1-7-18-8-13;9-6-3-1-5(2-4-6)7(10)8(11)12;6-5-2-1-3-7-4-5/h2-5,11,15H,1,6-8H2,(H,16,17);1-4,7H,10H2,(H2,11,12);1-4H2. The van der Waals surface area contributed by atoms with E-state index < -0.39 is 11.9 Å². The third-order valence-corrected chi connectivity index (χ3v) is 7.09. The molecule has 0 aromatic heterocycles. The van der Waals surface area contributed by atoms with Gasteiger partial charge in [-0.2, -0.15) is 0 Å². The van der Waals surface area contributed by atoms with Crippen LogP contribution in [0.25, 0.3) is 0 Å². The molecule has 3 fully saturated rings. The van der Waals surface area contributed by atoms with E-state index in [1.54, 1.807) is 12.1 Å². The summed E-state index contributed by atoms with van der Waals surface area (Å²) in [6.07, 6.45) is 3.53. The SMILES string of the molecule is NC(=O)C(N)c1ccc(Br)cc1.O=C1CCCOC1.O=C1NC2(CCCOC2)NC1c1ccc(Br)cc1. The Bertz CT molecular complexity index is 1050. The fourth-order valence-electron chi connectivity index (χ4n) is 4.05. The van der Waals surface area contributed by atoms with E-state index in [0.29, 0.717) is 13.2 Å². The van der Waals surface area contributed by atoms with E-state index in [1.807, 2.05) is 36.4 Å². The smallest absolute Gasteiger partial charge is 0.243 e. The van der Waals surface area contributed by atoms with Crippen molar-refractivity contribution in [2.24, 2.45) is 11.5 Å². The maximum Gasteiger partial charge on any atom is 0.243 e. The maximum atomic E-state index is 12.1. The number of ether oxygens (including phenoxy) is 2. The second-order valence-corrected chi connectivity index (χ2v) is 10.8. The molecule has 11 heteroatoms. The number of carbonyl (C=O) groups is 3. The Labute approximate surface area is 233 Å². The van der Waals surface area contributed by atoms with Gasteiger partial charge in [0.25, 0.3) is 0 Å². The van der Waals surface area contributed by atoms with Gasteiger partial charge in [-0.15, -0.1) is 0 Å².